The number of nitrogens with one attached hydrogen (secondary N) is 1. The van der Waals surface area contributed by atoms with Crippen LogP contribution in [0.1, 0.15) is 70.3 Å². The molecule has 0 spiro atoms. The van der Waals surface area contributed by atoms with E-state index < -0.39 is 0 Å². The molecule has 0 amide bonds. The van der Waals surface area contributed by atoms with Gasteiger partial charge in [-0.15, -0.1) is 0 Å². The lowest BCUT2D eigenvalue weighted by Gasteiger charge is -2.15. The van der Waals surface area contributed by atoms with Crippen LogP contribution in [0.4, 0.5) is 0 Å². The first kappa shape index (κ1) is 17.2. The van der Waals surface area contributed by atoms with Crippen molar-refractivity contribution in [3.8, 4) is 0 Å². The predicted octanol–water partition coefficient (Wildman–Crippen LogP) is 4.59. The Balaban J connectivity index is 2.04. The summed E-state index contributed by atoms with van der Waals surface area (Å²) in [6.45, 7) is 2.27. The number of nitrogens with two attached hydrogens (primary N) is 1. The summed E-state index contributed by atoms with van der Waals surface area (Å²) in [5, 5.41) is 0. The topological polar surface area (TPSA) is 38.0 Å². The van der Waals surface area contributed by atoms with E-state index in [1.165, 1.54) is 63.4 Å². The third-order valence-electron chi connectivity index (χ3n) is 3.97. The van der Waals surface area contributed by atoms with Crippen molar-refractivity contribution >= 4 is 0 Å². The number of hydrogen-bond acceptors (Lipinski definition) is 2. The van der Waals surface area contributed by atoms with Crippen molar-refractivity contribution < 1.29 is 0 Å². The lowest BCUT2D eigenvalue weighted by atomic mass is 10.00. The molecule has 0 heterocycles. The second-order valence-electron chi connectivity index (χ2n) is 5.82. The summed E-state index contributed by atoms with van der Waals surface area (Å²) in [5.74, 6) is 5.67. The van der Waals surface area contributed by atoms with Gasteiger partial charge in [0.25, 0.3) is 0 Å². The first-order valence-electron chi connectivity index (χ1n) is 8.37. The van der Waals surface area contributed by atoms with Gasteiger partial charge in [-0.3, -0.25) is 11.3 Å². The lowest BCUT2D eigenvalue weighted by molar-refractivity contribution is 0.458. The lowest BCUT2D eigenvalue weighted by Crippen LogP contribution is -2.36. The summed E-state index contributed by atoms with van der Waals surface area (Å²) < 4.78 is 0. The number of hydrazine groups is 1. The van der Waals surface area contributed by atoms with E-state index in [0.29, 0.717) is 6.04 Å². The normalized spacial score (nSPS) is 12.5. The van der Waals surface area contributed by atoms with Gasteiger partial charge in [-0.1, -0.05) is 88.6 Å². The molecule has 2 nitrogen and oxygen atoms in total. The van der Waals surface area contributed by atoms with E-state index in [-0.39, 0.29) is 0 Å². The molecular weight excluding hydrogens is 244 g/mol. The highest BCUT2D eigenvalue weighted by atomic mass is 15.2. The van der Waals surface area contributed by atoms with Crippen molar-refractivity contribution in [2.75, 3.05) is 0 Å². The van der Waals surface area contributed by atoms with Crippen LogP contribution in [-0.4, -0.2) is 6.04 Å². The molecule has 1 aromatic rings. The Bertz CT molecular complexity index is 310. The Morgan fingerprint density at radius 3 is 2.10 bits per heavy atom. The van der Waals surface area contributed by atoms with Gasteiger partial charge in [0.05, 0.1) is 0 Å². The van der Waals surface area contributed by atoms with Crippen LogP contribution in [-0.2, 0) is 6.42 Å². The van der Waals surface area contributed by atoms with Crippen LogP contribution in [0, 0.1) is 0 Å². The maximum absolute atomic E-state index is 5.67. The fourth-order valence-electron chi connectivity index (χ4n) is 2.67. The monoisotopic (exact) mass is 276 g/mol. The summed E-state index contributed by atoms with van der Waals surface area (Å²) in [7, 11) is 0. The average molecular weight is 276 g/mol. The SMILES string of the molecule is CCCCCCCCCCC(Cc1ccccc1)NN. The van der Waals surface area contributed by atoms with Gasteiger partial charge in [0.15, 0.2) is 0 Å². The van der Waals surface area contributed by atoms with Gasteiger partial charge >= 0.3 is 0 Å². The minimum Gasteiger partial charge on any atom is -0.271 e. The highest BCUT2D eigenvalue weighted by molar-refractivity contribution is 5.15. The van der Waals surface area contributed by atoms with Crippen LogP contribution < -0.4 is 11.3 Å². The second kappa shape index (κ2) is 11.9. The van der Waals surface area contributed by atoms with Crippen LogP contribution in [0.5, 0.6) is 0 Å². The van der Waals surface area contributed by atoms with E-state index >= 15 is 0 Å². The molecule has 2 heteroatoms. The molecule has 0 bridgehead atoms. The largest absolute Gasteiger partial charge is 0.271 e. The molecule has 0 fully saturated rings. The Morgan fingerprint density at radius 1 is 0.900 bits per heavy atom. The molecule has 0 radical (unpaired) electrons. The average Bonchev–Trinajstić information content (AvgIpc) is 2.49. The summed E-state index contributed by atoms with van der Waals surface area (Å²) in [6.07, 6.45) is 13.2. The summed E-state index contributed by atoms with van der Waals surface area (Å²) in [6, 6.07) is 11.0. The van der Waals surface area contributed by atoms with Gasteiger partial charge in [-0.05, 0) is 18.4 Å². The Labute approximate surface area is 125 Å². The molecule has 1 atom stereocenters. The fraction of sp³-hybridized carbons (Fsp3) is 0.667. The van der Waals surface area contributed by atoms with Crippen molar-refractivity contribution in [1.29, 1.82) is 0 Å². The molecular formula is C18H32N2. The molecule has 1 aromatic carbocycles. The summed E-state index contributed by atoms with van der Waals surface area (Å²) in [5.41, 5.74) is 4.34. The third-order valence-corrected chi connectivity index (χ3v) is 3.97. The Morgan fingerprint density at radius 2 is 1.50 bits per heavy atom. The van der Waals surface area contributed by atoms with Gasteiger partial charge in [0.1, 0.15) is 0 Å². The first-order chi connectivity index (χ1) is 9.86. The molecule has 0 aromatic heterocycles. The molecule has 114 valence electrons. The smallest absolute Gasteiger partial charge is 0.0250 e. The summed E-state index contributed by atoms with van der Waals surface area (Å²) >= 11 is 0. The van der Waals surface area contributed by atoms with E-state index in [1.807, 2.05) is 0 Å². The quantitative estimate of drug-likeness (QED) is 0.333. The number of rotatable bonds is 12. The molecule has 1 unspecified atom stereocenters. The zero-order chi connectivity index (χ0) is 14.5. The van der Waals surface area contributed by atoms with E-state index in [4.69, 9.17) is 5.84 Å². The molecule has 1 rings (SSSR count). The van der Waals surface area contributed by atoms with Crippen LogP contribution in [0.2, 0.25) is 0 Å². The second-order valence-corrected chi connectivity index (χ2v) is 5.82. The van der Waals surface area contributed by atoms with Crippen molar-refractivity contribution in [2.45, 2.75) is 77.2 Å². The van der Waals surface area contributed by atoms with Gasteiger partial charge < -0.3 is 0 Å². The summed E-state index contributed by atoms with van der Waals surface area (Å²) in [4.78, 5) is 0. The number of benzene rings is 1. The van der Waals surface area contributed by atoms with Gasteiger partial charge in [-0.25, -0.2) is 0 Å². The zero-order valence-corrected chi connectivity index (χ0v) is 13.1. The van der Waals surface area contributed by atoms with Crippen LogP contribution >= 0.6 is 0 Å². The van der Waals surface area contributed by atoms with E-state index in [0.717, 1.165) is 6.42 Å². The highest BCUT2D eigenvalue weighted by Crippen LogP contribution is 2.12. The zero-order valence-electron chi connectivity index (χ0n) is 13.1. The van der Waals surface area contributed by atoms with Crippen LogP contribution in [0.15, 0.2) is 30.3 Å². The van der Waals surface area contributed by atoms with Crippen molar-refractivity contribution in [1.82, 2.24) is 5.43 Å². The maximum atomic E-state index is 5.67. The first-order valence-corrected chi connectivity index (χ1v) is 8.37. The van der Waals surface area contributed by atoms with Gasteiger partial charge in [0, 0.05) is 6.04 Å². The van der Waals surface area contributed by atoms with Crippen molar-refractivity contribution in [3.63, 3.8) is 0 Å². The fourth-order valence-corrected chi connectivity index (χ4v) is 2.67. The Hall–Kier alpha value is -0.860. The van der Waals surface area contributed by atoms with Crippen molar-refractivity contribution in [3.05, 3.63) is 35.9 Å². The number of unbranched alkanes of at least 4 members (excludes halogenated alkanes) is 7. The number of hydrogen-bond donors (Lipinski definition) is 2. The third kappa shape index (κ3) is 8.34. The van der Waals surface area contributed by atoms with Crippen molar-refractivity contribution in [2.24, 2.45) is 5.84 Å². The minimum atomic E-state index is 0.414. The van der Waals surface area contributed by atoms with Crippen LogP contribution in [0.3, 0.4) is 0 Å². The molecule has 0 aliphatic rings. The molecule has 20 heavy (non-hydrogen) atoms. The highest BCUT2D eigenvalue weighted by Gasteiger charge is 2.06. The Kier molecular flexibility index (Phi) is 10.3. The standard InChI is InChI=1S/C18H32N2/c1-2-3-4-5-6-7-8-12-15-18(20-19)16-17-13-10-9-11-14-17/h9-11,13-14,18,20H,2-8,12,15-16,19H2,1H3. The minimum absolute atomic E-state index is 0.414. The van der Waals surface area contributed by atoms with E-state index in [1.54, 1.807) is 0 Å². The maximum Gasteiger partial charge on any atom is 0.0250 e. The van der Waals surface area contributed by atoms with E-state index in [2.05, 4.69) is 42.7 Å². The van der Waals surface area contributed by atoms with Gasteiger partial charge in [-0.2, -0.15) is 0 Å². The molecule has 0 aliphatic carbocycles. The molecule has 0 saturated heterocycles. The van der Waals surface area contributed by atoms with Crippen LogP contribution in [0.25, 0.3) is 0 Å². The molecule has 0 aliphatic heterocycles. The van der Waals surface area contributed by atoms with Gasteiger partial charge in [0.2, 0.25) is 0 Å². The predicted molar refractivity (Wildman–Crippen MR) is 88.5 cm³/mol. The van der Waals surface area contributed by atoms with E-state index in [9.17, 15) is 0 Å². The molecule has 3 N–H and O–H groups in total. The molecule has 0 saturated carbocycles.